The van der Waals surface area contributed by atoms with Crippen LogP contribution in [0.1, 0.15) is 85.0 Å². The summed E-state index contributed by atoms with van der Waals surface area (Å²) in [4.78, 5) is 25.3. The van der Waals surface area contributed by atoms with E-state index < -0.39 is 0 Å². The summed E-state index contributed by atoms with van der Waals surface area (Å²) in [5, 5.41) is 11.3. The molecule has 4 saturated carbocycles. The Bertz CT molecular complexity index is 659. The lowest BCUT2D eigenvalue weighted by molar-refractivity contribution is -0.176. The van der Waals surface area contributed by atoms with Gasteiger partial charge in [-0.1, -0.05) is 33.6 Å². The van der Waals surface area contributed by atoms with Gasteiger partial charge in [-0.05, 0) is 79.4 Å². The first-order valence-corrected chi connectivity index (χ1v) is 12.0. The summed E-state index contributed by atoms with van der Waals surface area (Å²) in [7, 11) is 1.44. The molecule has 0 bridgehead atoms. The van der Waals surface area contributed by atoms with E-state index in [4.69, 9.17) is 4.74 Å². The van der Waals surface area contributed by atoms with Crippen LogP contribution in [-0.2, 0) is 14.3 Å². The van der Waals surface area contributed by atoms with Gasteiger partial charge in [-0.15, -0.1) is 0 Å². The van der Waals surface area contributed by atoms with Gasteiger partial charge in [0.25, 0.3) is 0 Å². The standard InChI is InChI=1S/C25H40O4/c1-15(8-11-22(28)29-4)17-9-10-18-23-19(14-21(27)25(17,18)3)24(2)12-6-5-7-16(24)13-20(23)26/h15-20,23,26H,5-14H2,1-4H3/t15-,16+,17-,18+,19+,20-,23+,24+,25-/m1/s1. The average Bonchev–Trinajstić information content (AvgIpc) is 3.05. The minimum absolute atomic E-state index is 0.162. The number of esters is 1. The molecule has 0 heterocycles. The second-order valence-electron chi connectivity index (χ2n) is 11.2. The number of hydrogen-bond donors (Lipinski definition) is 1. The van der Waals surface area contributed by atoms with Gasteiger partial charge in [-0.3, -0.25) is 9.59 Å². The summed E-state index contributed by atoms with van der Waals surface area (Å²) in [5.74, 6) is 2.43. The SMILES string of the molecule is COC(=O)CC[C@@H](C)[C@H]1CC[C@H]2[C@@H]3[C@H](O)C[C@@H]4CCCC[C@]4(C)[C@H]3CC(=O)[C@]12C. The Morgan fingerprint density at radius 3 is 2.69 bits per heavy atom. The van der Waals surface area contributed by atoms with Crippen molar-refractivity contribution in [1.82, 2.24) is 0 Å². The molecule has 4 rings (SSSR count). The Balaban J connectivity index is 1.59. The monoisotopic (exact) mass is 404 g/mol. The van der Waals surface area contributed by atoms with Crippen molar-refractivity contribution < 1.29 is 19.4 Å². The largest absolute Gasteiger partial charge is 0.469 e. The zero-order valence-corrected chi connectivity index (χ0v) is 18.8. The lowest BCUT2D eigenvalue weighted by Crippen LogP contribution is -2.60. The van der Waals surface area contributed by atoms with E-state index in [1.54, 1.807) is 0 Å². The van der Waals surface area contributed by atoms with Crippen molar-refractivity contribution in [2.24, 2.45) is 46.3 Å². The number of rotatable bonds is 4. The Kier molecular flexibility index (Phi) is 5.63. The lowest BCUT2D eigenvalue weighted by atomic mass is 9.43. The first-order chi connectivity index (χ1) is 13.7. The maximum Gasteiger partial charge on any atom is 0.305 e. The van der Waals surface area contributed by atoms with Crippen LogP contribution in [-0.4, -0.2) is 30.1 Å². The molecule has 1 N–H and O–H groups in total. The van der Waals surface area contributed by atoms with E-state index in [9.17, 15) is 14.7 Å². The van der Waals surface area contributed by atoms with Crippen LogP contribution < -0.4 is 0 Å². The van der Waals surface area contributed by atoms with Crippen LogP contribution in [0, 0.1) is 46.3 Å². The number of fused-ring (bicyclic) bond motifs is 5. The van der Waals surface area contributed by atoms with Gasteiger partial charge in [-0.25, -0.2) is 0 Å². The third-order valence-electron chi connectivity index (χ3n) is 10.3. The average molecular weight is 405 g/mol. The highest BCUT2D eigenvalue weighted by Crippen LogP contribution is 2.67. The number of carbonyl (C=O) groups excluding carboxylic acids is 2. The smallest absolute Gasteiger partial charge is 0.305 e. The molecule has 0 aromatic carbocycles. The van der Waals surface area contributed by atoms with Gasteiger partial charge in [0.2, 0.25) is 0 Å². The molecule has 0 saturated heterocycles. The molecular weight excluding hydrogens is 364 g/mol. The third-order valence-corrected chi connectivity index (χ3v) is 10.3. The molecule has 0 spiro atoms. The zero-order chi connectivity index (χ0) is 21.0. The molecule has 4 fully saturated rings. The van der Waals surface area contributed by atoms with Crippen molar-refractivity contribution in [1.29, 1.82) is 0 Å². The van der Waals surface area contributed by atoms with Crippen LogP contribution in [0.15, 0.2) is 0 Å². The van der Waals surface area contributed by atoms with Crippen LogP contribution in [0.3, 0.4) is 0 Å². The molecule has 0 amide bonds. The number of carbonyl (C=O) groups is 2. The predicted octanol–water partition coefficient (Wildman–Crippen LogP) is 4.77. The predicted molar refractivity (Wildman–Crippen MR) is 112 cm³/mol. The molecule has 0 radical (unpaired) electrons. The fraction of sp³-hybridized carbons (Fsp3) is 0.920. The number of hydrogen-bond acceptors (Lipinski definition) is 4. The van der Waals surface area contributed by atoms with Crippen LogP contribution in [0.25, 0.3) is 0 Å². The van der Waals surface area contributed by atoms with E-state index in [1.807, 2.05) is 0 Å². The third kappa shape index (κ3) is 3.20. The maximum absolute atomic E-state index is 13.7. The molecule has 0 aliphatic heterocycles. The van der Waals surface area contributed by atoms with Gasteiger partial charge in [0.1, 0.15) is 5.78 Å². The minimum atomic E-state index is -0.338. The van der Waals surface area contributed by atoms with Gasteiger partial charge in [-0.2, -0.15) is 0 Å². The van der Waals surface area contributed by atoms with Gasteiger partial charge < -0.3 is 9.84 Å². The van der Waals surface area contributed by atoms with Crippen molar-refractivity contribution in [2.75, 3.05) is 7.11 Å². The normalized spacial score (nSPS) is 47.7. The summed E-state index contributed by atoms with van der Waals surface area (Å²) in [5.41, 5.74) is -0.108. The number of ketones is 1. The fourth-order valence-corrected chi connectivity index (χ4v) is 8.56. The van der Waals surface area contributed by atoms with Crippen LogP contribution in [0.2, 0.25) is 0 Å². The molecule has 4 aliphatic rings. The molecule has 29 heavy (non-hydrogen) atoms. The number of methoxy groups -OCH3 is 1. The van der Waals surface area contributed by atoms with E-state index >= 15 is 0 Å². The van der Waals surface area contributed by atoms with E-state index in [0.717, 1.165) is 25.7 Å². The van der Waals surface area contributed by atoms with E-state index in [2.05, 4.69) is 20.8 Å². The summed E-state index contributed by atoms with van der Waals surface area (Å²) in [6.07, 6.45) is 9.64. The molecule has 0 unspecified atom stereocenters. The van der Waals surface area contributed by atoms with Gasteiger partial charge in [0.15, 0.2) is 0 Å². The van der Waals surface area contributed by atoms with Gasteiger partial charge in [0, 0.05) is 18.3 Å². The second kappa shape index (κ2) is 7.66. The number of ether oxygens (including phenoxy) is 1. The van der Waals surface area contributed by atoms with Crippen molar-refractivity contribution in [3.8, 4) is 0 Å². The second-order valence-corrected chi connectivity index (χ2v) is 11.2. The molecule has 4 nitrogen and oxygen atoms in total. The van der Waals surface area contributed by atoms with Crippen molar-refractivity contribution in [2.45, 2.75) is 91.1 Å². The Morgan fingerprint density at radius 1 is 1.21 bits per heavy atom. The summed E-state index contributed by atoms with van der Waals surface area (Å²) >= 11 is 0. The van der Waals surface area contributed by atoms with Crippen molar-refractivity contribution in [3.63, 3.8) is 0 Å². The Hall–Kier alpha value is -0.900. The topological polar surface area (TPSA) is 63.6 Å². The molecule has 0 aromatic heterocycles. The molecule has 0 aromatic rings. The number of Topliss-reactive ketones (excluding diaryl/α,β-unsaturated/α-hetero) is 1. The Labute approximate surface area is 176 Å². The summed E-state index contributed by atoms with van der Waals surface area (Å²) in [6, 6.07) is 0. The van der Waals surface area contributed by atoms with Crippen molar-refractivity contribution in [3.05, 3.63) is 0 Å². The highest BCUT2D eigenvalue weighted by molar-refractivity contribution is 5.87. The number of aliphatic hydroxyl groups is 1. The first kappa shape index (κ1) is 21.3. The van der Waals surface area contributed by atoms with Crippen molar-refractivity contribution >= 4 is 11.8 Å². The van der Waals surface area contributed by atoms with Gasteiger partial charge >= 0.3 is 5.97 Å². The summed E-state index contributed by atoms with van der Waals surface area (Å²) < 4.78 is 4.82. The lowest BCUT2D eigenvalue weighted by Gasteiger charge is -2.61. The highest BCUT2D eigenvalue weighted by atomic mass is 16.5. The van der Waals surface area contributed by atoms with Crippen LogP contribution >= 0.6 is 0 Å². The fourth-order valence-electron chi connectivity index (χ4n) is 8.56. The molecule has 4 aliphatic carbocycles. The molecule has 164 valence electrons. The molecular formula is C25H40O4. The van der Waals surface area contributed by atoms with Crippen LogP contribution in [0.4, 0.5) is 0 Å². The zero-order valence-electron chi connectivity index (χ0n) is 18.8. The van der Waals surface area contributed by atoms with E-state index in [-0.39, 0.29) is 28.8 Å². The highest BCUT2D eigenvalue weighted by Gasteiger charge is 2.65. The van der Waals surface area contributed by atoms with E-state index in [0.29, 0.717) is 48.2 Å². The Morgan fingerprint density at radius 2 is 1.97 bits per heavy atom. The van der Waals surface area contributed by atoms with E-state index in [1.165, 1.54) is 32.8 Å². The molecule has 4 heteroatoms. The maximum atomic E-state index is 13.7. The first-order valence-electron chi connectivity index (χ1n) is 12.0. The molecule has 9 atom stereocenters. The van der Waals surface area contributed by atoms with Gasteiger partial charge in [0.05, 0.1) is 13.2 Å². The summed E-state index contributed by atoms with van der Waals surface area (Å²) in [6.45, 7) is 6.84. The quantitative estimate of drug-likeness (QED) is 0.685. The minimum Gasteiger partial charge on any atom is -0.469 e. The number of aliphatic hydroxyl groups excluding tert-OH is 1. The van der Waals surface area contributed by atoms with Crippen LogP contribution in [0.5, 0.6) is 0 Å².